The number of fused-ring (bicyclic) bond motifs is 9. The first kappa shape index (κ1) is 28.2. The minimum Gasteiger partial charge on any atom is -0.456 e. The van der Waals surface area contributed by atoms with Gasteiger partial charge in [-0.15, -0.1) is 0 Å². The lowest BCUT2D eigenvalue weighted by atomic mass is 9.99. The molecule has 0 fully saturated rings. The summed E-state index contributed by atoms with van der Waals surface area (Å²) in [6, 6.07) is 59.3. The average molecular weight is 651 g/mol. The molecule has 3 heterocycles. The summed E-state index contributed by atoms with van der Waals surface area (Å²) >= 11 is 0. The quantitative estimate of drug-likeness (QED) is 0.190. The zero-order valence-electron chi connectivity index (χ0n) is 27.7. The first-order valence-electron chi connectivity index (χ1n) is 17.5. The summed E-state index contributed by atoms with van der Waals surface area (Å²) in [4.78, 5) is 4.74. The van der Waals surface area contributed by atoms with Crippen LogP contribution in [0.2, 0.25) is 0 Å². The van der Waals surface area contributed by atoms with Crippen molar-refractivity contribution in [3.8, 4) is 50.3 Å². The van der Waals surface area contributed by atoms with E-state index in [9.17, 15) is 0 Å². The van der Waals surface area contributed by atoms with Gasteiger partial charge in [-0.05, 0) is 111 Å². The fourth-order valence-electron chi connectivity index (χ4n) is 8.18. The molecule has 1 aliphatic rings. The van der Waals surface area contributed by atoms with Crippen LogP contribution in [0, 0.1) is 0 Å². The van der Waals surface area contributed by atoms with E-state index in [1.54, 1.807) is 0 Å². The zero-order valence-corrected chi connectivity index (χ0v) is 27.7. The number of furan rings is 1. The van der Waals surface area contributed by atoms with E-state index >= 15 is 0 Å². The molecule has 51 heavy (non-hydrogen) atoms. The highest BCUT2D eigenvalue weighted by atomic mass is 16.3. The molecular weight excluding hydrogens is 621 g/mol. The number of para-hydroxylation sites is 1. The van der Waals surface area contributed by atoms with Gasteiger partial charge in [0.2, 0.25) is 0 Å². The second-order valence-electron chi connectivity index (χ2n) is 13.6. The van der Waals surface area contributed by atoms with E-state index in [1.807, 2.05) is 24.4 Å². The van der Waals surface area contributed by atoms with Gasteiger partial charge in [0.25, 0.3) is 0 Å². The molecule has 0 radical (unpaired) electrons. The van der Waals surface area contributed by atoms with Crippen molar-refractivity contribution in [2.45, 2.75) is 6.42 Å². The average Bonchev–Trinajstić information content (AvgIpc) is 3.86. The van der Waals surface area contributed by atoms with Crippen molar-refractivity contribution in [1.82, 2.24) is 9.55 Å². The Kier molecular flexibility index (Phi) is 6.02. The topological polar surface area (TPSA) is 31.0 Å². The van der Waals surface area contributed by atoms with E-state index in [4.69, 9.17) is 9.40 Å². The molecular formula is C48H30N2O. The summed E-state index contributed by atoms with van der Waals surface area (Å²) in [6.07, 6.45) is 2.84. The smallest absolute Gasteiger partial charge is 0.135 e. The lowest BCUT2D eigenvalue weighted by molar-refractivity contribution is 0.669. The van der Waals surface area contributed by atoms with Crippen LogP contribution in [0.15, 0.2) is 174 Å². The van der Waals surface area contributed by atoms with Gasteiger partial charge in [-0.1, -0.05) is 97.1 Å². The summed E-state index contributed by atoms with van der Waals surface area (Å²) < 4.78 is 8.57. The fraction of sp³-hybridized carbons (Fsp3) is 0.0208. The fourth-order valence-corrected chi connectivity index (χ4v) is 8.18. The van der Waals surface area contributed by atoms with Crippen LogP contribution in [0.5, 0.6) is 0 Å². The molecule has 0 saturated heterocycles. The van der Waals surface area contributed by atoms with E-state index in [2.05, 4.69) is 150 Å². The molecule has 11 rings (SSSR count). The highest BCUT2D eigenvalue weighted by Gasteiger charge is 2.21. The van der Waals surface area contributed by atoms with E-state index in [1.165, 1.54) is 71.9 Å². The lowest BCUT2D eigenvalue weighted by Crippen LogP contribution is -1.94. The second kappa shape index (κ2) is 10.9. The largest absolute Gasteiger partial charge is 0.456 e. The molecule has 0 unspecified atom stereocenters. The van der Waals surface area contributed by atoms with Gasteiger partial charge in [0.1, 0.15) is 11.2 Å². The molecule has 3 nitrogen and oxygen atoms in total. The Labute approximate surface area is 294 Å². The van der Waals surface area contributed by atoms with Crippen LogP contribution in [0.1, 0.15) is 11.1 Å². The maximum absolute atomic E-state index is 6.15. The number of pyridine rings is 1. The van der Waals surface area contributed by atoms with Crippen molar-refractivity contribution in [2.24, 2.45) is 0 Å². The van der Waals surface area contributed by atoms with Crippen molar-refractivity contribution in [3.63, 3.8) is 0 Å². The van der Waals surface area contributed by atoms with Crippen molar-refractivity contribution in [1.29, 1.82) is 0 Å². The third kappa shape index (κ3) is 4.42. The molecule has 0 spiro atoms. The van der Waals surface area contributed by atoms with Gasteiger partial charge in [-0.2, -0.15) is 0 Å². The Bertz CT molecular complexity index is 3000. The zero-order chi connectivity index (χ0) is 33.5. The van der Waals surface area contributed by atoms with Crippen LogP contribution in [0.3, 0.4) is 0 Å². The van der Waals surface area contributed by atoms with Crippen molar-refractivity contribution in [3.05, 3.63) is 181 Å². The van der Waals surface area contributed by atoms with Crippen LogP contribution in [-0.4, -0.2) is 9.55 Å². The van der Waals surface area contributed by atoms with Crippen molar-refractivity contribution in [2.75, 3.05) is 0 Å². The predicted molar refractivity (Wildman–Crippen MR) is 210 cm³/mol. The van der Waals surface area contributed by atoms with E-state index < -0.39 is 0 Å². The molecule has 0 amide bonds. The van der Waals surface area contributed by atoms with Gasteiger partial charge < -0.3 is 8.98 Å². The number of hydrogen-bond acceptors (Lipinski definition) is 2. The Morgan fingerprint density at radius 3 is 1.92 bits per heavy atom. The molecule has 0 aliphatic heterocycles. The Balaban J connectivity index is 1.09. The molecule has 0 N–H and O–H groups in total. The monoisotopic (exact) mass is 650 g/mol. The van der Waals surface area contributed by atoms with E-state index in [-0.39, 0.29) is 0 Å². The third-order valence-corrected chi connectivity index (χ3v) is 10.7. The van der Waals surface area contributed by atoms with Gasteiger partial charge in [0.15, 0.2) is 0 Å². The molecule has 1 aliphatic carbocycles. The van der Waals surface area contributed by atoms with Gasteiger partial charge >= 0.3 is 0 Å². The van der Waals surface area contributed by atoms with Gasteiger partial charge in [0, 0.05) is 45.4 Å². The summed E-state index contributed by atoms with van der Waals surface area (Å²) in [5.41, 5.74) is 17.5. The summed E-state index contributed by atoms with van der Waals surface area (Å²) in [7, 11) is 0. The SMILES string of the molecule is c1ccc(-c2ccc3c(c2)c2cc(-c4ccc5oc6ccccc6c5c4)ccc2n3-c2cccc(-c3ccc4c(c3)-c3ncccc3C4)c2)cc1. The van der Waals surface area contributed by atoms with E-state index in [0.29, 0.717) is 0 Å². The van der Waals surface area contributed by atoms with Gasteiger partial charge in [-0.25, -0.2) is 0 Å². The van der Waals surface area contributed by atoms with Crippen molar-refractivity contribution >= 4 is 43.7 Å². The van der Waals surface area contributed by atoms with Crippen LogP contribution in [0.25, 0.3) is 94.1 Å². The second-order valence-corrected chi connectivity index (χ2v) is 13.6. The van der Waals surface area contributed by atoms with Crippen LogP contribution >= 0.6 is 0 Å². The molecule has 7 aromatic carbocycles. The highest BCUT2D eigenvalue weighted by Crippen LogP contribution is 2.41. The number of benzene rings is 7. The first-order valence-corrected chi connectivity index (χ1v) is 17.5. The van der Waals surface area contributed by atoms with Crippen LogP contribution < -0.4 is 0 Å². The maximum Gasteiger partial charge on any atom is 0.135 e. The first-order chi connectivity index (χ1) is 25.2. The van der Waals surface area contributed by atoms with Gasteiger partial charge in [0.05, 0.1) is 16.7 Å². The van der Waals surface area contributed by atoms with Crippen LogP contribution in [-0.2, 0) is 6.42 Å². The molecule has 3 aromatic heterocycles. The van der Waals surface area contributed by atoms with E-state index in [0.717, 1.165) is 39.7 Å². The molecule has 0 atom stereocenters. The third-order valence-electron chi connectivity index (χ3n) is 10.7. The molecule has 0 saturated carbocycles. The highest BCUT2D eigenvalue weighted by molar-refractivity contribution is 6.12. The molecule has 0 bridgehead atoms. The van der Waals surface area contributed by atoms with Crippen molar-refractivity contribution < 1.29 is 4.42 Å². The molecule has 3 heteroatoms. The summed E-state index contributed by atoms with van der Waals surface area (Å²) in [5, 5.41) is 4.74. The lowest BCUT2D eigenvalue weighted by Gasteiger charge is -2.12. The Hall–Kier alpha value is -6.71. The number of nitrogens with zero attached hydrogens (tertiary/aromatic N) is 2. The predicted octanol–water partition coefficient (Wildman–Crippen LogP) is 12.7. The standard InChI is InChI=1S/C48H30N2O/c1-2-8-30(9-3-1)32-17-20-44-41(27-32)42-28-34(35-19-22-47-43(29-35)39-13-4-5-14-46(39)51-47)18-21-45(42)50(44)38-12-6-10-31(25-38)33-15-16-36-24-37-11-7-23-49-48(37)40(36)26-33/h1-23,25-29H,24H2. The normalized spacial score (nSPS) is 12.2. The number of rotatable bonds is 4. The maximum atomic E-state index is 6.15. The van der Waals surface area contributed by atoms with Gasteiger partial charge in [-0.3, -0.25) is 4.98 Å². The Morgan fingerprint density at radius 2 is 1.08 bits per heavy atom. The summed E-state index contributed by atoms with van der Waals surface area (Å²) in [5.74, 6) is 0. The molecule has 238 valence electrons. The van der Waals surface area contributed by atoms with Crippen LogP contribution in [0.4, 0.5) is 0 Å². The molecule has 10 aromatic rings. The Morgan fingerprint density at radius 1 is 0.431 bits per heavy atom. The minimum absolute atomic E-state index is 0.911. The number of aromatic nitrogens is 2. The minimum atomic E-state index is 0.911. The summed E-state index contributed by atoms with van der Waals surface area (Å²) in [6.45, 7) is 0. The number of hydrogen-bond donors (Lipinski definition) is 0.